The zero-order chi connectivity index (χ0) is 21.4. The second kappa shape index (κ2) is 7.72. The number of aromatic nitrogens is 1. The maximum Gasteiger partial charge on any atom is 0.350 e. The lowest BCUT2D eigenvalue weighted by Gasteiger charge is -2.15. The molecule has 0 bridgehead atoms. The van der Waals surface area contributed by atoms with Crippen LogP contribution in [0.3, 0.4) is 0 Å². The highest BCUT2D eigenvalue weighted by atomic mass is 32.1. The van der Waals surface area contributed by atoms with Gasteiger partial charge in [0.05, 0.1) is 43.1 Å². The Morgan fingerprint density at radius 1 is 1.10 bits per heavy atom. The van der Waals surface area contributed by atoms with E-state index in [9.17, 15) is 9.59 Å². The molecule has 0 atom stereocenters. The molecule has 0 saturated carbocycles. The molecule has 0 aliphatic rings. The third-order valence-corrected chi connectivity index (χ3v) is 6.00. The first-order chi connectivity index (χ1) is 14.5. The molecule has 8 heteroatoms. The van der Waals surface area contributed by atoms with Crippen LogP contribution in [0.4, 0.5) is 5.69 Å². The Bertz CT molecular complexity index is 1340. The lowest BCUT2D eigenvalue weighted by Crippen LogP contribution is -2.10. The molecule has 4 aromatic rings. The van der Waals surface area contributed by atoms with Crippen molar-refractivity contribution in [1.82, 2.24) is 4.57 Å². The monoisotopic (exact) mass is 424 g/mol. The third-order valence-electron chi connectivity index (χ3n) is 4.83. The zero-order valence-corrected chi connectivity index (χ0v) is 17.5. The SMILES string of the molecule is CCOC(=O)c1sc2c(c1N)c(=O)c1ccccc1n2-c1ccc(OC)c(OC)c1. The molecule has 4 rings (SSSR count). The van der Waals surface area contributed by atoms with Crippen LogP contribution in [-0.4, -0.2) is 31.4 Å². The Hall–Kier alpha value is -3.52. The lowest BCUT2D eigenvalue weighted by molar-refractivity contribution is 0.0533. The normalized spacial score (nSPS) is 11.0. The Labute approximate surface area is 176 Å². The maximum absolute atomic E-state index is 13.2. The zero-order valence-electron chi connectivity index (χ0n) is 16.7. The van der Waals surface area contributed by atoms with Crippen LogP contribution >= 0.6 is 11.3 Å². The van der Waals surface area contributed by atoms with Gasteiger partial charge in [-0.3, -0.25) is 4.79 Å². The van der Waals surface area contributed by atoms with E-state index in [2.05, 4.69) is 0 Å². The average Bonchev–Trinajstić information content (AvgIpc) is 3.11. The Balaban J connectivity index is 2.14. The number of fused-ring (bicyclic) bond motifs is 2. The van der Waals surface area contributed by atoms with Crippen LogP contribution in [0.1, 0.15) is 16.6 Å². The number of hydrogen-bond donors (Lipinski definition) is 1. The van der Waals surface area contributed by atoms with E-state index < -0.39 is 5.97 Å². The molecule has 7 nitrogen and oxygen atoms in total. The van der Waals surface area contributed by atoms with Gasteiger partial charge in [0.1, 0.15) is 9.71 Å². The quantitative estimate of drug-likeness (QED) is 0.487. The predicted molar refractivity (Wildman–Crippen MR) is 118 cm³/mol. The van der Waals surface area contributed by atoms with Crippen molar-refractivity contribution in [2.45, 2.75) is 6.92 Å². The number of carbonyl (C=O) groups excluding carboxylic acids is 1. The minimum absolute atomic E-state index is 0.137. The fourth-order valence-corrected chi connectivity index (χ4v) is 4.63. The van der Waals surface area contributed by atoms with Crippen molar-refractivity contribution in [3.05, 3.63) is 57.6 Å². The molecule has 0 fully saturated rings. The molecule has 2 heterocycles. The number of methoxy groups -OCH3 is 2. The first kappa shape index (κ1) is 19.8. The van der Waals surface area contributed by atoms with Crippen molar-refractivity contribution in [3.63, 3.8) is 0 Å². The Morgan fingerprint density at radius 3 is 2.53 bits per heavy atom. The number of para-hydroxylation sites is 1. The maximum atomic E-state index is 13.2. The molecule has 2 N–H and O–H groups in total. The number of esters is 1. The van der Waals surface area contributed by atoms with Crippen LogP contribution in [0.15, 0.2) is 47.3 Å². The summed E-state index contributed by atoms with van der Waals surface area (Å²) in [5.74, 6) is 0.584. The Morgan fingerprint density at radius 2 is 1.83 bits per heavy atom. The van der Waals surface area contributed by atoms with Crippen molar-refractivity contribution < 1.29 is 19.0 Å². The van der Waals surface area contributed by atoms with Gasteiger partial charge < -0.3 is 24.5 Å². The van der Waals surface area contributed by atoms with Crippen LogP contribution < -0.4 is 20.6 Å². The van der Waals surface area contributed by atoms with Crippen LogP contribution in [0.5, 0.6) is 11.5 Å². The molecule has 2 aromatic heterocycles. The summed E-state index contributed by atoms with van der Waals surface area (Å²) in [5.41, 5.74) is 7.61. The third kappa shape index (κ3) is 2.96. The fourth-order valence-electron chi connectivity index (χ4n) is 3.48. The molecule has 2 aromatic carbocycles. The molecule has 0 radical (unpaired) electrons. The second-order valence-corrected chi connectivity index (χ2v) is 7.47. The highest BCUT2D eigenvalue weighted by Crippen LogP contribution is 2.38. The molecule has 154 valence electrons. The van der Waals surface area contributed by atoms with Crippen molar-refractivity contribution in [2.75, 3.05) is 26.6 Å². The van der Waals surface area contributed by atoms with E-state index in [1.807, 2.05) is 28.8 Å². The summed E-state index contributed by atoms with van der Waals surface area (Å²) in [7, 11) is 3.12. The number of carbonyl (C=O) groups is 1. The molecular formula is C22H20N2O5S. The number of pyridine rings is 1. The van der Waals surface area contributed by atoms with Gasteiger partial charge in [-0.1, -0.05) is 12.1 Å². The molecule has 0 amide bonds. The van der Waals surface area contributed by atoms with Gasteiger partial charge in [0.15, 0.2) is 16.9 Å². The number of ether oxygens (including phenoxy) is 3. The van der Waals surface area contributed by atoms with Gasteiger partial charge in [-0.05, 0) is 31.2 Å². The number of nitrogens with zero attached hydrogens (tertiary/aromatic N) is 1. The van der Waals surface area contributed by atoms with Gasteiger partial charge >= 0.3 is 5.97 Å². The first-order valence-corrected chi connectivity index (χ1v) is 10.1. The van der Waals surface area contributed by atoms with E-state index in [4.69, 9.17) is 19.9 Å². The summed E-state index contributed by atoms with van der Waals surface area (Å²) in [6.07, 6.45) is 0. The van der Waals surface area contributed by atoms with Crippen LogP contribution in [-0.2, 0) is 4.74 Å². The minimum Gasteiger partial charge on any atom is -0.493 e. The number of nitrogen functional groups attached to an aromatic ring is 1. The van der Waals surface area contributed by atoms with E-state index in [1.54, 1.807) is 39.3 Å². The summed E-state index contributed by atoms with van der Waals surface area (Å²) in [6, 6.07) is 12.7. The standard InChI is InChI=1S/C22H20N2O5S/c1-4-29-22(26)20-18(23)17-19(25)13-7-5-6-8-14(13)24(21(17)30-20)12-9-10-15(27-2)16(11-12)28-3/h5-11H,4,23H2,1-3H3. The predicted octanol–water partition coefficient (Wildman–Crippen LogP) is 3.98. The van der Waals surface area contributed by atoms with E-state index in [0.29, 0.717) is 32.6 Å². The number of rotatable bonds is 5. The molecular weight excluding hydrogens is 404 g/mol. The molecule has 30 heavy (non-hydrogen) atoms. The second-order valence-electron chi connectivity index (χ2n) is 6.47. The summed E-state index contributed by atoms with van der Waals surface area (Å²) in [6.45, 7) is 1.94. The van der Waals surface area contributed by atoms with Gasteiger partial charge in [-0.15, -0.1) is 11.3 Å². The molecule has 0 spiro atoms. The summed E-state index contributed by atoms with van der Waals surface area (Å²) in [5, 5.41) is 0.802. The van der Waals surface area contributed by atoms with E-state index in [-0.39, 0.29) is 22.6 Å². The van der Waals surface area contributed by atoms with Gasteiger partial charge in [-0.2, -0.15) is 0 Å². The van der Waals surface area contributed by atoms with Crippen molar-refractivity contribution >= 4 is 44.1 Å². The van der Waals surface area contributed by atoms with Gasteiger partial charge in [0, 0.05) is 11.5 Å². The number of nitrogens with two attached hydrogens (primary N) is 1. The van der Waals surface area contributed by atoms with E-state index in [0.717, 1.165) is 17.0 Å². The molecule has 0 unspecified atom stereocenters. The van der Waals surface area contributed by atoms with Crippen molar-refractivity contribution in [1.29, 1.82) is 0 Å². The van der Waals surface area contributed by atoms with Crippen LogP contribution in [0.25, 0.3) is 26.8 Å². The lowest BCUT2D eigenvalue weighted by atomic mass is 10.1. The summed E-state index contributed by atoms with van der Waals surface area (Å²) >= 11 is 1.14. The van der Waals surface area contributed by atoms with E-state index >= 15 is 0 Å². The van der Waals surface area contributed by atoms with Crippen LogP contribution in [0.2, 0.25) is 0 Å². The van der Waals surface area contributed by atoms with Crippen LogP contribution in [0, 0.1) is 0 Å². The molecule has 0 aliphatic heterocycles. The Kier molecular flexibility index (Phi) is 5.09. The summed E-state index contributed by atoms with van der Waals surface area (Å²) < 4.78 is 17.8. The topological polar surface area (TPSA) is 92.8 Å². The number of anilines is 1. The summed E-state index contributed by atoms with van der Waals surface area (Å²) in [4.78, 5) is 26.4. The number of benzene rings is 2. The largest absolute Gasteiger partial charge is 0.493 e. The average molecular weight is 424 g/mol. The van der Waals surface area contributed by atoms with Crippen molar-refractivity contribution in [2.24, 2.45) is 0 Å². The smallest absolute Gasteiger partial charge is 0.350 e. The van der Waals surface area contributed by atoms with Crippen molar-refractivity contribution in [3.8, 4) is 17.2 Å². The fraction of sp³-hybridized carbons (Fsp3) is 0.182. The van der Waals surface area contributed by atoms with Gasteiger partial charge in [0.25, 0.3) is 0 Å². The number of thiophene rings is 1. The minimum atomic E-state index is -0.543. The van der Waals surface area contributed by atoms with Gasteiger partial charge in [0.2, 0.25) is 0 Å². The highest BCUT2D eigenvalue weighted by molar-refractivity contribution is 7.21. The highest BCUT2D eigenvalue weighted by Gasteiger charge is 2.24. The van der Waals surface area contributed by atoms with E-state index in [1.165, 1.54) is 0 Å². The molecule has 0 saturated heterocycles. The van der Waals surface area contributed by atoms with Gasteiger partial charge in [-0.25, -0.2) is 4.79 Å². The molecule has 0 aliphatic carbocycles. The first-order valence-electron chi connectivity index (χ1n) is 9.27. The number of hydrogen-bond acceptors (Lipinski definition) is 7.